The molecule has 0 bridgehead atoms. The standard InChI is InChI=1S/C13H16O4S/c1-10-4-2-3-5-13(10)18(15,16)9-12(14)11-6-7-17-8-11/h2-5,11H,6-9H2,1H3. The van der Waals surface area contributed by atoms with Gasteiger partial charge in [-0.3, -0.25) is 4.79 Å². The second-order valence-electron chi connectivity index (χ2n) is 4.55. The molecule has 0 radical (unpaired) electrons. The molecule has 1 fully saturated rings. The van der Waals surface area contributed by atoms with Crippen LogP contribution in [0.3, 0.4) is 0 Å². The van der Waals surface area contributed by atoms with Crippen LogP contribution in [0.25, 0.3) is 0 Å². The maximum absolute atomic E-state index is 12.2. The summed E-state index contributed by atoms with van der Waals surface area (Å²) in [6, 6.07) is 6.73. The third-order valence-electron chi connectivity index (χ3n) is 3.15. The van der Waals surface area contributed by atoms with Crippen molar-refractivity contribution in [1.82, 2.24) is 0 Å². The summed E-state index contributed by atoms with van der Waals surface area (Å²) in [6.07, 6.45) is 0.627. The topological polar surface area (TPSA) is 60.4 Å². The molecular formula is C13H16O4S. The lowest BCUT2D eigenvalue weighted by Crippen LogP contribution is -2.24. The first-order valence-electron chi connectivity index (χ1n) is 5.89. The molecular weight excluding hydrogens is 252 g/mol. The molecule has 0 amide bonds. The molecule has 5 heteroatoms. The highest BCUT2D eigenvalue weighted by Gasteiger charge is 2.29. The van der Waals surface area contributed by atoms with E-state index in [-0.39, 0.29) is 16.6 Å². The molecule has 1 atom stereocenters. The van der Waals surface area contributed by atoms with Gasteiger partial charge in [-0.2, -0.15) is 0 Å². The Balaban J connectivity index is 2.17. The Bertz CT molecular complexity index is 542. The predicted octanol–water partition coefficient (Wildman–Crippen LogP) is 1.37. The number of carbonyl (C=O) groups is 1. The maximum atomic E-state index is 12.2. The van der Waals surface area contributed by atoms with E-state index in [0.717, 1.165) is 0 Å². The van der Waals surface area contributed by atoms with Crippen molar-refractivity contribution in [3.63, 3.8) is 0 Å². The molecule has 2 rings (SSSR count). The molecule has 98 valence electrons. The zero-order valence-electron chi connectivity index (χ0n) is 10.3. The number of hydrogen-bond donors (Lipinski definition) is 0. The Hall–Kier alpha value is -1.20. The van der Waals surface area contributed by atoms with Gasteiger partial charge >= 0.3 is 0 Å². The van der Waals surface area contributed by atoms with Crippen molar-refractivity contribution >= 4 is 15.6 Å². The van der Waals surface area contributed by atoms with Gasteiger partial charge in [0.05, 0.1) is 11.5 Å². The predicted molar refractivity (Wildman–Crippen MR) is 67.2 cm³/mol. The molecule has 4 nitrogen and oxygen atoms in total. The van der Waals surface area contributed by atoms with Gasteiger partial charge in [-0.1, -0.05) is 18.2 Å². The molecule has 1 aromatic carbocycles. The SMILES string of the molecule is Cc1ccccc1S(=O)(=O)CC(=O)C1CCOC1. The normalized spacial score (nSPS) is 19.9. The molecule has 0 spiro atoms. The number of hydrogen-bond acceptors (Lipinski definition) is 4. The first kappa shape index (κ1) is 13.2. The van der Waals surface area contributed by atoms with E-state index in [0.29, 0.717) is 25.2 Å². The Labute approximate surface area is 107 Å². The highest BCUT2D eigenvalue weighted by atomic mass is 32.2. The van der Waals surface area contributed by atoms with Crippen LogP contribution >= 0.6 is 0 Å². The average molecular weight is 268 g/mol. The van der Waals surface area contributed by atoms with Crippen LogP contribution in [0.1, 0.15) is 12.0 Å². The molecule has 0 N–H and O–H groups in total. The lowest BCUT2D eigenvalue weighted by atomic mass is 10.1. The summed E-state index contributed by atoms with van der Waals surface area (Å²) in [5, 5.41) is 0. The van der Waals surface area contributed by atoms with E-state index in [1.807, 2.05) is 0 Å². The number of aryl methyl sites for hydroxylation is 1. The smallest absolute Gasteiger partial charge is 0.185 e. The van der Waals surface area contributed by atoms with Crippen molar-refractivity contribution in [3.05, 3.63) is 29.8 Å². The van der Waals surface area contributed by atoms with E-state index < -0.39 is 15.6 Å². The Morgan fingerprint density at radius 3 is 2.72 bits per heavy atom. The quantitative estimate of drug-likeness (QED) is 0.827. The highest BCUT2D eigenvalue weighted by molar-refractivity contribution is 7.92. The third-order valence-corrected chi connectivity index (χ3v) is 4.94. The lowest BCUT2D eigenvalue weighted by molar-refractivity contribution is -0.120. The van der Waals surface area contributed by atoms with Crippen LogP contribution in [-0.2, 0) is 19.4 Å². The van der Waals surface area contributed by atoms with E-state index in [1.54, 1.807) is 31.2 Å². The van der Waals surface area contributed by atoms with Gasteiger partial charge in [0.15, 0.2) is 15.6 Å². The molecule has 1 aliphatic rings. The lowest BCUT2D eigenvalue weighted by Gasteiger charge is -2.09. The number of sulfone groups is 1. The number of rotatable bonds is 4. The third kappa shape index (κ3) is 2.79. The van der Waals surface area contributed by atoms with Crippen molar-refractivity contribution in [2.75, 3.05) is 19.0 Å². The zero-order valence-corrected chi connectivity index (χ0v) is 11.1. The van der Waals surface area contributed by atoms with E-state index in [4.69, 9.17) is 4.74 Å². The Kier molecular flexibility index (Phi) is 3.82. The molecule has 1 aliphatic heterocycles. The van der Waals surface area contributed by atoms with Gasteiger partial charge in [0.2, 0.25) is 0 Å². The summed E-state index contributed by atoms with van der Waals surface area (Å²) in [4.78, 5) is 12.1. The van der Waals surface area contributed by atoms with Gasteiger partial charge in [-0.15, -0.1) is 0 Å². The van der Waals surface area contributed by atoms with E-state index in [1.165, 1.54) is 0 Å². The van der Waals surface area contributed by atoms with Crippen molar-refractivity contribution in [2.45, 2.75) is 18.2 Å². The molecule has 0 aromatic heterocycles. The van der Waals surface area contributed by atoms with Gasteiger partial charge in [0.25, 0.3) is 0 Å². The minimum Gasteiger partial charge on any atom is -0.381 e. The largest absolute Gasteiger partial charge is 0.381 e. The summed E-state index contributed by atoms with van der Waals surface area (Å²) >= 11 is 0. The Morgan fingerprint density at radius 2 is 2.11 bits per heavy atom. The van der Waals surface area contributed by atoms with Crippen molar-refractivity contribution in [2.24, 2.45) is 5.92 Å². The van der Waals surface area contributed by atoms with Crippen LogP contribution < -0.4 is 0 Å². The van der Waals surface area contributed by atoms with E-state index in [9.17, 15) is 13.2 Å². The van der Waals surface area contributed by atoms with Crippen LogP contribution in [0.4, 0.5) is 0 Å². The highest BCUT2D eigenvalue weighted by Crippen LogP contribution is 2.19. The zero-order chi connectivity index (χ0) is 13.2. The number of Topliss-reactive ketones (excluding diaryl/α,β-unsaturated/α-hetero) is 1. The summed E-state index contributed by atoms with van der Waals surface area (Å²) < 4.78 is 29.4. The summed E-state index contributed by atoms with van der Waals surface area (Å²) in [5.41, 5.74) is 0.674. The summed E-state index contributed by atoms with van der Waals surface area (Å²) in [6.45, 7) is 2.62. The van der Waals surface area contributed by atoms with Crippen LogP contribution in [0.5, 0.6) is 0 Å². The molecule has 0 saturated carbocycles. The summed E-state index contributed by atoms with van der Waals surface area (Å²) in [7, 11) is -3.53. The fraction of sp³-hybridized carbons (Fsp3) is 0.462. The average Bonchev–Trinajstić information content (AvgIpc) is 2.82. The van der Waals surface area contributed by atoms with Gasteiger partial charge in [0, 0.05) is 12.5 Å². The monoisotopic (exact) mass is 268 g/mol. The van der Waals surface area contributed by atoms with Gasteiger partial charge < -0.3 is 4.74 Å². The van der Waals surface area contributed by atoms with Crippen LogP contribution in [0, 0.1) is 12.8 Å². The number of carbonyl (C=O) groups excluding carboxylic acids is 1. The number of ketones is 1. The minimum absolute atomic E-state index is 0.240. The van der Waals surface area contributed by atoms with E-state index in [2.05, 4.69) is 0 Å². The second kappa shape index (κ2) is 5.20. The van der Waals surface area contributed by atoms with E-state index >= 15 is 0 Å². The van der Waals surface area contributed by atoms with Crippen LogP contribution in [-0.4, -0.2) is 33.2 Å². The number of ether oxygens (including phenoxy) is 1. The molecule has 0 aliphatic carbocycles. The minimum atomic E-state index is -3.53. The van der Waals surface area contributed by atoms with Gasteiger partial charge in [-0.05, 0) is 25.0 Å². The summed E-state index contributed by atoms with van der Waals surface area (Å²) in [5.74, 6) is -0.925. The fourth-order valence-corrected chi connectivity index (χ4v) is 3.69. The Morgan fingerprint density at radius 1 is 1.39 bits per heavy atom. The number of benzene rings is 1. The molecule has 1 saturated heterocycles. The van der Waals surface area contributed by atoms with Crippen molar-refractivity contribution < 1.29 is 17.9 Å². The molecule has 1 aromatic rings. The maximum Gasteiger partial charge on any atom is 0.185 e. The van der Waals surface area contributed by atoms with Crippen molar-refractivity contribution in [3.8, 4) is 0 Å². The molecule has 1 heterocycles. The molecule has 18 heavy (non-hydrogen) atoms. The van der Waals surface area contributed by atoms with Crippen LogP contribution in [0.15, 0.2) is 29.2 Å². The van der Waals surface area contributed by atoms with Crippen molar-refractivity contribution in [1.29, 1.82) is 0 Å². The first-order chi connectivity index (χ1) is 8.50. The fourth-order valence-electron chi connectivity index (χ4n) is 2.08. The van der Waals surface area contributed by atoms with Crippen LogP contribution in [0.2, 0.25) is 0 Å². The first-order valence-corrected chi connectivity index (χ1v) is 7.55. The molecule has 1 unspecified atom stereocenters. The van der Waals surface area contributed by atoms with Gasteiger partial charge in [0.1, 0.15) is 5.75 Å². The van der Waals surface area contributed by atoms with Gasteiger partial charge in [-0.25, -0.2) is 8.42 Å². The second-order valence-corrected chi connectivity index (χ2v) is 6.51.